The van der Waals surface area contributed by atoms with Crippen LogP contribution in [-0.2, 0) is 29.2 Å². The van der Waals surface area contributed by atoms with Gasteiger partial charge < -0.3 is 34.1 Å². The van der Waals surface area contributed by atoms with Crippen molar-refractivity contribution in [1.82, 2.24) is 9.80 Å². The van der Waals surface area contributed by atoms with Crippen LogP contribution in [0.25, 0.3) is 0 Å². The van der Waals surface area contributed by atoms with Crippen LogP contribution in [0.15, 0.2) is 0 Å². The smallest absolute Gasteiger partial charge is 0.468 e. The fourth-order valence-electron chi connectivity index (χ4n) is 8.41. The van der Waals surface area contributed by atoms with Crippen LogP contribution in [0.4, 0.5) is 13.2 Å². The van der Waals surface area contributed by atoms with E-state index < -0.39 is 30.4 Å². The molecule has 0 aromatic carbocycles. The number of ether oxygens (including phenoxy) is 1. The second-order valence-corrected chi connectivity index (χ2v) is 22.2. The van der Waals surface area contributed by atoms with Gasteiger partial charge in [-0.15, -0.1) is 0 Å². The average Bonchev–Trinajstić information content (AvgIpc) is 3.19. The number of hydrogen-bond donors (Lipinski definition) is 5. The molecule has 6 heterocycles. The monoisotopic (exact) mass is 890 g/mol. The maximum Gasteiger partial charge on any atom is 0.497 e. The highest BCUT2D eigenvalue weighted by Crippen LogP contribution is 2.30. The highest BCUT2D eigenvalue weighted by Gasteiger charge is 2.51. The Hall–Kier alpha value is -0.960. The first-order valence-electron chi connectivity index (χ1n) is 21.9. The van der Waals surface area contributed by atoms with Crippen molar-refractivity contribution in [3.63, 3.8) is 0 Å². The van der Waals surface area contributed by atoms with Gasteiger partial charge in [0, 0.05) is 108 Å². The van der Waals surface area contributed by atoms with Crippen molar-refractivity contribution in [2.24, 2.45) is 5.92 Å². The molecule has 6 saturated heterocycles. The molecule has 0 aliphatic carbocycles. The third-order valence-corrected chi connectivity index (χ3v) is 16.4. The van der Waals surface area contributed by atoms with E-state index in [2.05, 4.69) is 59.1 Å². The Kier molecular flexibility index (Phi) is 24.4. The number of halogens is 3. The fourth-order valence-corrected chi connectivity index (χ4v) is 10.7. The maximum absolute atomic E-state index is 12.1. The standard InChI is InChI=1S/C10H20N2O.C9H17NO.C8H18N2.C7H12F3NO2S.C7H15NO2S/c1-11-4-2-10(3-5-11)12-6-8-13-9-7-12;1-3-9(11)8-4-6-10(2)7-5-8;1-9(2)8-4-6-10(3)7-5-8;1-11-4-2-6(3-5-11)14(12,13)7(8,9)10;1-8-5-3-7(4-6-8)11(2,9)10/h10-11H,1-9H2;8,10H,2-7H2,1H3;8,10H,3-7H2,1-2H3;6,11H,1-5H2;7-8H,1,3-6H2,2H3. The third-order valence-electron chi connectivity index (χ3n) is 12.8. The first kappa shape index (κ1) is 54.2. The summed E-state index contributed by atoms with van der Waals surface area (Å²) in [6, 6.07) is 1.62. The molecule has 5 N–H and O–H groups in total. The fraction of sp³-hybridized carbons (Fsp3) is 0.854. The van der Waals surface area contributed by atoms with Crippen molar-refractivity contribution in [2.75, 3.05) is 112 Å². The van der Waals surface area contributed by atoms with Crippen molar-refractivity contribution >= 4 is 25.5 Å². The number of carbonyl (C=O) groups is 1. The minimum atomic E-state index is -5.11. The predicted molar refractivity (Wildman–Crippen MR) is 226 cm³/mol. The van der Waals surface area contributed by atoms with E-state index in [1.165, 1.54) is 77.7 Å². The maximum atomic E-state index is 12.1. The van der Waals surface area contributed by atoms with Gasteiger partial charge in [-0.3, -0.25) is 9.69 Å². The van der Waals surface area contributed by atoms with E-state index in [0.29, 0.717) is 31.2 Å². The molecule has 0 aromatic rings. The van der Waals surface area contributed by atoms with Gasteiger partial charge in [0.05, 0.1) is 89.2 Å². The molecule has 6 fully saturated rings. The van der Waals surface area contributed by atoms with Crippen LogP contribution in [0.3, 0.4) is 0 Å². The summed E-state index contributed by atoms with van der Waals surface area (Å²) >= 11 is 0. The summed E-state index contributed by atoms with van der Waals surface area (Å²) in [7, 11) is 16.0. The Morgan fingerprint density at radius 1 is 0.644 bits per heavy atom. The average molecular weight is 890 g/mol. The first-order chi connectivity index (χ1) is 27.5. The number of ketones is 1. The second kappa shape index (κ2) is 26.6. The third kappa shape index (κ3) is 20.4. The highest BCUT2D eigenvalue weighted by molar-refractivity contribution is 7.92. The summed E-state index contributed by atoms with van der Waals surface area (Å²) in [5, 5.41) is -1.37. The number of rotatable bonds is 6. The quantitative estimate of drug-likeness (QED) is 0.182. The lowest BCUT2D eigenvalue weighted by molar-refractivity contribution is -0.860. The summed E-state index contributed by atoms with van der Waals surface area (Å²) in [6.45, 7) is 15.7. The van der Waals surface area contributed by atoms with E-state index in [4.69, 9.17) is 4.74 Å². The normalized spacial score (nSPS) is 33.6. The predicted octanol–water partition coefficient (Wildman–Crippen LogP) is -2.77. The zero-order chi connectivity index (χ0) is 44.4. The molecule has 18 heteroatoms. The molecule has 6 aliphatic heterocycles. The number of nitrogens with one attached hydrogen (secondary N) is 5. The van der Waals surface area contributed by atoms with Crippen LogP contribution in [0.2, 0.25) is 0 Å². The van der Waals surface area contributed by atoms with E-state index in [1.807, 2.05) is 6.92 Å². The van der Waals surface area contributed by atoms with Crippen LogP contribution >= 0.6 is 0 Å². The van der Waals surface area contributed by atoms with Crippen molar-refractivity contribution in [3.8, 4) is 0 Å². The Morgan fingerprint density at radius 3 is 1.36 bits per heavy atom. The number of carbonyl (C=O) groups excluding carboxylic acids is 1. The van der Waals surface area contributed by atoms with Crippen LogP contribution in [0, 0.1) is 41.2 Å². The molecule has 0 amide bonds. The lowest BCUT2D eigenvalue weighted by Crippen LogP contribution is -3.08. The summed E-state index contributed by atoms with van der Waals surface area (Å²) < 4.78 is 85.7. The molecule has 0 spiro atoms. The Labute approximate surface area is 357 Å². The van der Waals surface area contributed by atoms with Crippen molar-refractivity contribution < 1.29 is 64.0 Å². The number of morpholine rings is 1. The summed E-state index contributed by atoms with van der Waals surface area (Å²) in [6.07, 6.45) is 11.0. The molecule has 0 bridgehead atoms. The van der Waals surface area contributed by atoms with Gasteiger partial charge >= 0.3 is 5.51 Å². The number of piperidine rings is 5. The van der Waals surface area contributed by atoms with Crippen molar-refractivity contribution in [2.45, 2.75) is 106 Å². The highest BCUT2D eigenvalue weighted by atomic mass is 32.2. The lowest BCUT2D eigenvalue weighted by atomic mass is 9.92. The molecular formula is C41H82F3N7O6S2. The largest absolute Gasteiger partial charge is 0.497 e. The van der Waals surface area contributed by atoms with Crippen molar-refractivity contribution in [3.05, 3.63) is 35.2 Å². The Morgan fingerprint density at radius 2 is 1.00 bits per heavy atom. The Balaban J connectivity index is 0.000000256. The summed E-state index contributed by atoms with van der Waals surface area (Å²) in [4.78, 5) is 22.4. The molecule has 13 nitrogen and oxygen atoms in total. The molecule has 0 saturated carbocycles. The SMILES string of the molecule is [CH2-][NH+]1CCC(C(=O)CC)CC1.[CH2-][NH+]1CCC(N(C)C)CC1.[CH2-][NH+]1CCC(N2CCOCC2)CC1.[CH2-][NH+]1CCC(S(=O)(=O)C(F)(F)F)CC1.[CH2-][NH+]1CCC(S(C)(=O)=O)CC1. The van der Waals surface area contributed by atoms with Crippen LogP contribution in [-0.4, -0.2) is 173 Å². The van der Waals surface area contributed by atoms with Gasteiger partial charge in [-0.2, -0.15) is 48.4 Å². The van der Waals surface area contributed by atoms with Gasteiger partial charge in [0.1, 0.15) is 5.78 Å². The van der Waals surface area contributed by atoms with Crippen LogP contribution in [0.5, 0.6) is 0 Å². The van der Waals surface area contributed by atoms with Gasteiger partial charge in [0.25, 0.3) is 9.84 Å². The van der Waals surface area contributed by atoms with Crippen LogP contribution in [0.1, 0.15) is 77.6 Å². The zero-order valence-electron chi connectivity index (χ0n) is 36.9. The van der Waals surface area contributed by atoms with Gasteiger partial charge in [0.15, 0.2) is 9.84 Å². The molecule has 0 radical (unpaired) electrons. The minimum Gasteiger partial charge on any atom is -0.468 e. The van der Waals surface area contributed by atoms with Gasteiger partial charge in [-0.1, -0.05) is 6.92 Å². The molecule has 0 aromatic heterocycles. The second-order valence-electron chi connectivity index (χ2n) is 17.6. The molecule has 0 unspecified atom stereocenters. The summed E-state index contributed by atoms with van der Waals surface area (Å²) in [5.74, 6) is 0.794. The zero-order valence-corrected chi connectivity index (χ0v) is 38.5. The number of quaternary nitrogens is 5. The Bertz CT molecular complexity index is 1370. The first-order valence-corrected chi connectivity index (χ1v) is 25.4. The number of hydrogen-bond acceptors (Lipinski definition) is 8. The molecule has 59 heavy (non-hydrogen) atoms. The van der Waals surface area contributed by atoms with Gasteiger partial charge in [-0.25, -0.2) is 16.8 Å². The van der Waals surface area contributed by atoms with E-state index in [1.54, 1.807) is 0 Å². The van der Waals surface area contributed by atoms with E-state index in [0.717, 1.165) is 95.1 Å². The van der Waals surface area contributed by atoms with Crippen molar-refractivity contribution in [1.29, 1.82) is 0 Å². The van der Waals surface area contributed by atoms with E-state index in [-0.39, 0.29) is 18.1 Å². The molecule has 350 valence electrons. The van der Waals surface area contributed by atoms with Gasteiger partial charge in [-0.05, 0) is 14.1 Å². The number of likely N-dealkylation sites (tertiary alicyclic amines) is 5. The molecule has 6 aliphatic rings. The summed E-state index contributed by atoms with van der Waals surface area (Å²) in [5.41, 5.74) is -5.11. The van der Waals surface area contributed by atoms with E-state index in [9.17, 15) is 34.8 Å². The minimum absolute atomic E-state index is 0.0423. The molecule has 0 atom stereocenters. The molecule has 6 rings (SSSR count). The number of Topliss-reactive ketones (excluding diaryl/α,β-unsaturated/α-hetero) is 1. The molecular weight excluding hydrogens is 808 g/mol. The lowest BCUT2D eigenvalue weighted by Gasteiger charge is -2.39. The van der Waals surface area contributed by atoms with Crippen LogP contribution < -0.4 is 24.5 Å². The van der Waals surface area contributed by atoms with E-state index >= 15 is 0 Å². The number of nitrogens with zero attached hydrogens (tertiary/aromatic N) is 2. The topological polar surface area (TPSA) is 123 Å². The van der Waals surface area contributed by atoms with Gasteiger partial charge in [0.2, 0.25) is 0 Å². The number of sulfone groups is 2. The number of alkyl halides is 3.